The Kier molecular flexibility index (Phi) is 6.03. The molecule has 2 N–H and O–H groups in total. The summed E-state index contributed by atoms with van der Waals surface area (Å²) >= 11 is 11.8. The van der Waals surface area contributed by atoms with E-state index in [1.165, 1.54) is 0 Å². The molecule has 0 aliphatic carbocycles. The fraction of sp³-hybridized carbons (Fsp3) is 0.471. The Morgan fingerprint density at radius 1 is 1.36 bits per heavy atom. The Labute approximate surface area is 158 Å². The maximum Gasteiger partial charge on any atom is 0.275 e. The summed E-state index contributed by atoms with van der Waals surface area (Å²) in [5.74, 6) is 0.710. The number of halogens is 1. The highest BCUT2D eigenvalue weighted by atomic mass is 35.5. The number of nitrogens with zero attached hydrogens (tertiary/aromatic N) is 3. The first kappa shape index (κ1) is 19.6. The summed E-state index contributed by atoms with van der Waals surface area (Å²) < 4.78 is 4.15. The Hall–Kier alpha value is -1.70. The second-order valence-electron chi connectivity index (χ2n) is 7.23. The van der Waals surface area contributed by atoms with E-state index in [1.807, 2.05) is 63.7 Å². The van der Waals surface area contributed by atoms with E-state index < -0.39 is 0 Å². The molecule has 8 heteroatoms. The molecule has 1 heterocycles. The number of likely N-dealkylation sites (N-methyl/N-ethyl adjacent to an activating group) is 1. The molecule has 0 saturated carbocycles. The SMILES string of the molecule is Cn1c(-c2ccccc2Cl)nn(C[NH+](C)CC(=O)NC(C)(C)C)c1=S. The van der Waals surface area contributed by atoms with Crippen molar-refractivity contribution in [3.05, 3.63) is 34.1 Å². The molecule has 1 atom stereocenters. The van der Waals surface area contributed by atoms with Crippen molar-refractivity contribution in [3.63, 3.8) is 0 Å². The van der Waals surface area contributed by atoms with Crippen LogP contribution in [0.3, 0.4) is 0 Å². The molecule has 0 spiro atoms. The number of carbonyl (C=O) groups excluding carboxylic acids is 1. The lowest BCUT2D eigenvalue weighted by Gasteiger charge is -2.21. The normalized spacial score (nSPS) is 12.9. The summed E-state index contributed by atoms with van der Waals surface area (Å²) in [7, 11) is 3.81. The van der Waals surface area contributed by atoms with Gasteiger partial charge in [-0.25, -0.2) is 0 Å². The zero-order chi connectivity index (χ0) is 18.8. The molecule has 1 aromatic carbocycles. The lowest BCUT2D eigenvalue weighted by molar-refractivity contribution is -0.895. The third-order valence-corrected chi connectivity index (χ3v) is 4.37. The van der Waals surface area contributed by atoms with Crippen LogP contribution in [-0.2, 0) is 18.5 Å². The molecule has 6 nitrogen and oxygen atoms in total. The van der Waals surface area contributed by atoms with Gasteiger partial charge in [0.2, 0.25) is 4.77 Å². The molecule has 136 valence electrons. The average molecular weight is 383 g/mol. The van der Waals surface area contributed by atoms with Crippen molar-refractivity contribution < 1.29 is 9.69 Å². The fourth-order valence-corrected chi connectivity index (χ4v) is 2.93. The van der Waals surface area contributed by atoms with Gasteiger partial charge in [-0.1, -0.05) is 23.7 Å². The van der Waals surface area contributed by atoms with Gasteiger partial charge in [-0.05, 0) is 45.1 Å². The van der Waals surface area contributed by atoms with E-state index in [0.29, 0.717) is 28.8 Å². The molecule has 0 aliphatic heterocycles. The van der Waals surface area contributed by atoms with Crippen molar-refractivity contribution in [1.82, 2.24) is 19.7 Å². The molecule has 0 fully saturated rings. The van der Waals surface area contributed by atoms with Gasteiger partial charge in [0, 0.05) is 18.2 Å². The van der Waals surface area contributed by atoms with E-state index in [0.717, 1.165) is 10.5 Å². The van der Waals surface area contributed by atoms with Gasteiger partial charge in [0.1, 0.15) is 0 Å². The lowest BCUT2D eigenvalue weighted by atomic mass is 10.1. The smallest absolute Gasteiger partial charge is 0.275 e. The van der Waals surface area contributed by atoms with Crippen LogP contribution in [0.4, 0.5) is 0 Å². The van der Waals surface area contributed by atoms with Crippen molar-refractivity contribution in [1.29, 1.82) is 0 Å². The van der Waals surface area contributed by atoms with Gasteiger partial charge in [0.05, 0.1) is 12.1 Å². The molecule has 0 saturated heterocycles. The first-order chi connectivity index (χ1) is 11.6. The summed E-state index contributed by atoms with van der Waals surface area (Å²) in [4.78, 5) is 13.1. The Bertz CT molecular complexity index is 821. The Morgan fingerprint density at radius 3 is 2.60 bits per heavy atom. The van der Waals surface area contributed by atoms with Gasteiger partial charge in [-0.3, -0.25) is 4.79 Å². The van der Waals surface area contributed by atoms with Crippen molar-refractivity contribution in [3.8, 4) is 11.4 Å². The molecule has 2 rings (SSSR count). The number of hydrogen-bond acceptors (Lipinski definition) is 3. The van der Waals surface area contributed by atoms with E-state index in [9.17, 15) is 4.79 Å². The largest absolute Gasteiger partial charge is 0.347 e. The van der Waals surface area contributed by atoms with E-state index in [-0.39, 0.29) is 11.4 Å². The first-order valence-electron chi connectivity index (χ1n) is 8.09. The molecule has 1 aromatic heterocycles. The van der Waals surface area contributed by atoms with Crippen molar-refractivity contribution in [2.45, 2.75) is 33.0 Å². The third-order valence-electron chi connectivity index (χ3n) is 3.55. The van der Waals surface area contributed by atoms with Crippen molar-refractivity contribution in [2.24, 2.45) is 7.05 Å². The van der Waals surface area contributed by atoms with Gasteiger partial charge in [-0.15, -0.1) is 5.10 Å². The van der Waals surface area contributed by atoms with E-state index >= 15 is 0 Å². The van der Waals surface area contributed by atoms with E-state index in [1.54, 1.807) is 4.68 Å². The van der Waals surface area contributed by atoms with Gasteiger partial charge < -0.3 is 14.8 Å². The average Bonchev–Trinajstić information content (AvgIpc) is 2.74. The zero-order valence-corrected chi connectivity index (χ0v) is 16.8. The number of quaternary nitrogens is 1. The van der Waals surface area contributed by atoms with Crippen molar-refractivity contribution in [2.75, 3.05) is 13.6 Å². The molecule has 0 radical (unpaired) electrons. The molecular weight excluding hydrogens is 358 g/mol. The highest BCUT2D eigenvalue weighted by Crippen LogP contribution is 2.25. The summed E-state index contributed by atoms with van der Waals surface area (Å²) in [6, 6.07) is 7.53. The molecule has 0 bridgehead atoms. The maximum atomic E-state index is 12.1. The molecule has 1 unspecified atom stereocenters. The van der Waals surface area contributed by atoms with Gasteiger partial charge in [0.15, 0.2) is 19.0 Å². The number of rotatable bonds is 5. The van der Waals surface area contributed by atoms with Crippen LogP contribution in [-0.4, -0.2) is 39.4 Å². The topological polar surface area (TPSA) is 56.3 Å². The van der Waals surface area contributed by atoms with Crippen molar-refractivity contribution >= 4 is 29.7 Å². The summed E-state index contributed by atoms with van der Waals surface area (Å²) in [6.07, 6.45) is 0. The van der Waals surface area contributed by atoms with Crippen LogP contribution < -0.4 is 10.2 Å². The summed E-state index contributed by atoms with van der Waals surface area (Å²) in [6.45, 7) is 6.73. The lowest BCUT2D eigenvalue weighted by Crippen LogP contribution is -3.09. The first-order valence-corrected chi connectivity index (χ1v) is 8.88. The van der Waals surface area contributed by atoms with Crippen LogP contribution in [0.1, 0.15) is 20.8 Å². The second-order valence-corrected chi connectivity index (χ2v) is 8.01. The third kappa shape index (κ3) is 5.14. The predicted octanol–water partition coefficient (Wildman–Crippen LogP) is 1.66. The van der Waals surface area contributed by atoms with E-state index in [2.05, 4.69) is 10.4 Å². The summed E-state index contributed by atoms with van der Waals surface area (Å²) in [5, 5.41) is 8.19. The Morgan fingerprint density at radius 2 is 2.00 bits per heavy atom. The molecule has 1 amide bonds. The monoisotopic (exact) mass is 382 g/mol. The number of benzene rings is 1. The minimum atomic E-state index is -0.240. The van der Waals surface area contributed by atoms with Gasteiger partial charge in [-0.2, -0.15) is 4.68 Å². The molecule has 25 heavy (non-hydrogen) atoms. The highest BCUT2D eigenvalue weighted by molar-refractivity contribution is 7.71. The zero-order valence-electron chi connectivity index (χ0n) is 15.3. The van der Waals surface area contributed by atoms with Crippen LogP contribution in [0.2, 0.25) is 5.02 Å². The van der Waals surface area contributed by atoms with Crippen LogP contribution in [0.5, 0.6) is 0 Å². The summed E-state index contributed by atoms with van der Waals surface area (Å²) in [5.41, 5.74) is 0.593. The number of nitrogens with one attached hydrogen (secondary N) is 2. The van der Waals surface area contributed by atoms with Gasteiger partial charge in [0.25, 0.3) is 5.91 Å². The molecular formula is C17H25ClN5OS+. The van der Waals surface area contributed by atoms with Crippen LogP contribution >= 0.6 is 23.8 Å². The second kappa shape index (κ2) is 7.68. The van der Waals surface area contributed by atoms with Gasteiger partial charge >= 0.3 is 0 Å². The van der Waals surface area contributed by atoms with Crippen LogP contribution in [0, 0.1) is 4.77 Å². The number of aromatic nitrogens is 3. The highest BCUT2D eigenvalue weighted by Gasteiger charge is 2.19. The Balaban J connectivity index is 2.16. The minimum absolute atomic E-state index is 0.00113. The molecule has 2 aromatic rings. The van der Waals surface area contributed by atoms with Crippen LogP contribution in [0.15, 0.2) is 24.3 Å². The standard InChI is InChI=1S/C17H24ClN5OS/c1-17(2,3)19-14(24)10-21(4)11-23-16(25)22(5)15(20-23)12-8-6-7-9-13(12)18/h6-9H,10-11H2,1-5H3,(H,19,24)/p+1. The predicted molar refractivity (Wildman–Crippen MR) is 102 cm³/mol. The fourth-order valence-electron chi connectivity index (χ4n) is 2.52. The quantitative estimate of drug-likeness (QED) is 0.773. The van der Waals surface area contributed by atoms with E-state index in [4.69, 9.17) is 23.8 Å². The number of carbonyl (C=O) groups is 1. The molecule has 0 aliphatic rings. The minimum Gasteiger partial charge on any atom is -0.347 e. The number of hydrogen-bond donors (Lipinski definition) is 2. The number of amides is 1. The maximum absolute atomic E-state index is 12.1. The van der Waals surface area contributed by atoms with Crippen LogP contribution in [0.25, 0.3) is 11.4 Å².